The van der Waals surface area contributed by atoms with Gasteiger partial charge in [0.25, 0.3) is 0 Å². The van der Waals surface area contributed by atoms with Crippen molar-refractivity contribution in [1.29, 1.82) is 0 Å². The van der Waals surface area contributed by atoms with Crippen LogP contribution in [0.5, 0.6) is 5.75 Å². The number of nitrogens with one attached hydrogen (secondary N) is 1. The number of fused-ring (bicyclic) bond motifs is 1. The van der Waals surface area contributed by atoms with E-state index in [1.54, 1.807) is 18.5 Å². The van der Waals surface area contributed by atoms with Crippen LogP contribution in [0.4, 0.5) is 11.6 Å². The second-order valence-electron chi connectivity index (χ2n) is 8.95. The molecule has 0 aliphatic heterocycles. The highest BCUT2D eigenvalue weighted by atomic mass is 16.5. The molecule has 36 heavy (non-hydrogen) atoms. The summed E-state index contributed by atoms with van der Waals surface area (Å²) in [5, 5.41) is 22.0. The van der Waals surface area contributed by atoms with Crippen molar-refractivity contribution in [2.75, 3.05) is 18.5 Å². The average molecular weight is 486 g/mol. The number of aryl methyl sites for hydroxylation is 2. The molecule has 5 aromatic heterocycles. The van der Waals surface area contributed by atoms with E-state index in [1.165, 1.54) is 12.8 Å². The number of nitrogens with zero attached hydrogens (tertiary/aromatic N) is 8. The molecule has 184 valence electrons. The molecule has 1 saturated carbocycles. The van der Waals surface area contributed by atoms with E-state index in [9.17, 15) is 0 Å². The van der Waals surface area contributed by atoms with Crippen molar-refractivity contribution in [2.24, 2.45) is 7.05 Å². The van der Waals surface area contributed by atoms with Crippen LogP contribution in [0.2, 0.25) is 0 Å². The van der Waals surface area contributed by atoms with Crippen LogP contribution < -0.4 is 10.1 Å². The smallest absolute Gasteiger partial charge is 0.218 e. The van der Waals surface area contributed by atoms with Gasteiger partial charge in [0.15, 0.2) is 11.6 Å². The predicted molar refractivity (Wildman–Crippen MR) is 134 cm³/mol. The minimum Gasteiger partial charge on any atom is -0.493 e. The first-order valence-corrected chi connectivity index (χ1v) is 12.0. The quantitative estimate of drug-likeness (QED) is 0.304. The molecule has 0 saturated heterocycles. The van der Waals surface area contributed by atoms with Gasteiger partial charge < -0.3 is 19.7 Å². The third-order valence-corrected chi connectivity index (χ3v) is 6.26. The molecular formula is C25H27N9O2. The molecule has 0 bridgehead atoms. The Bertz CT molecular complexity index is 1530. The maximum absolute atomic E-state index is 9.03. The lowest BCUT2D eigenvalue weighted by Gasteiger charge is -2.11. The number of imidazole rings is 1. The summed E-state index contributed by atoms with van der Waals surface area (Å²) in [4.78, 5) is 13.7. The normalized spacial score (nSPS) is 13.4. The largest absolute Gasteiger partial charge is 0.493 e. The van der Waals surface area contributed by atoms with Gasteiger partial charge in [-0.15, -0.1) is 5.10 Å². The van der Waals surface area contributed by atoms with E-state index in [4.69, 9.17) is 25.0 Å². The van der Waals surface area contributed by atoms with Gasteiger partial charge in [0.05, 0.1) is 18.3 Å². The molecule has 0 unspecified atom stereocenters. The van der Waals surface area contributed by atoms with Crippen LogP contribution in [0.25, 0.3) is 28.4 Å². The van der Waals surface area contributed by atoms with Crippen LogP contribution in [0, 0.1) is 6.92 Å². The van der Waals surface area contributed by atoms with E-state index in [0.29, 0.717) is 48.1 Å². The molecule has 0 spiro atoms. The molecule has 5 heterocycles. The molecule has 1 aliphatic carbocycles. The summed E-state index contributed by atoms with van der Waals surface area (Å²) in [5.74, 6) is 2.99. The Morgan fingerprint density at radius 2 is 2.03 bits per heavy atom. The molecule has 5 aromatic rings. The Morgan fingerprint density at radius 1 is 1.14 bits per heavy atom. The van der Waals surface area contributed by atoms with Gasteiger partial charge in [0, 0.05) is 62.7 Å². The standard InChI is InChI=1S/C25H27N9O2/c1-16-19(20-7-10-33(30-20)17-4-5-17)15-34-22(16)23(29-24(31-34)25-27-9-11-32(25)2)28-21-14-18(6-8-26-21)36-13-3-12-35/h6-11,14-15,17,35H,3-5,12-13H2,1-2H3,(H,26,28,29,31). The zero-order chi connectivity index (χ0) is 24.6. The monoisotopic (exact) mass is 485 g/mol. The molecule has 1 fully saturated rings. The molecule has 2 N–H and O–H groups in total. The van der Waals surface area contributed by atoms with Gasteiger partial charge in [0.1, 0.15) is 17.1 Å². The van der Waals surface area contributed by atoms with Crippen LogP contribution in [0.15, 0.2) is 49.2 Å². The third-order valence-electron chi connectivity index (χ3n) is 6.26. The molecule has 1 aliphatic rings. The lowest BCUT2D eigenvalue weighted by Crippen LogP contribution is -2.07. The Balaban J connectivity index is 1.43. The summed E-state index contributed by atoms with van der Waals surface area (Å²) < 4.78 is 11.5. The van der Waals surface area contributed by atoms with Gasteiger partial charge in [0.2, 0.25) is 5.82 Å². The van der Waals surface area contributed by atoms with E-state index in [0.717, 1.165) is 22.3 Å². The molecular weight excluding hydrogens is 458 g/mol. The second kappa shape index (κ2) is 9.08. The van der Waals surface area contributed by atoms with E-state index >= 15 is 0 Å². The molecule has 0 radical (unpaired) electrons. The molecule has 11 heteroatoms. The van der Waals surface area contributed by atoms with E-state index in [1.807, 2.05) is 45.5 Å². The minimum atomic E-state index is 0.0831. The highest BCUT2D eigenvalue weighted by Gasteiger charge is 2.25. The SMILES string of the molecule is Cc1c(-c2ccn(C3CC3)n2)cn2nc(-c3nccn3C)nc(Nc3cc(OCCCO)ccn3)c12. The molecule has 11 nitrogen and oxygen atoms in total. The number of aliphatic hydroxyl groups is 1. The van der Waals surface area contributed by atoms with E-state index in [2.05, 4.69) is 28.3 Å². The van der Waals surface area contributed by atoms with E-state index in [-0.39, 0.29) is 6.61 Å². The third kappa shape index (κ3) is 4.17. The van der Waals surface area contributed by atoms with Crippen molar-refractivity contribution in [3.8, 4) is 28.7 Å². The highest BCUT2D eigenvalue weighted by Crippen LogP contribution is 2.36. The number of pyridine rings is 1. The van der Waals surface area contributed by atoms with Crippen LogP contribution in [-0.2, 0) is 7.05 Å². The number of hydrogen-bond donors (Lipinski definition) is 2. The Morgan fingerprint density at radius 3 is 2.81 bits per heavy atom. The van der Waals surface area contributed by atoms with Gasteiger partial charge >= 0.3 is 0 Å². The number of anilines is 2. The van der Waals surface area contributed by atoms with Crippen molar-refractivity contribution < 1.29 is 9.84 Å². The number of hydrogen-bond acceptors (Lipinski definition) is 8. The van der Waals surface area contributed by atoms with Crippen molar-refractivity contribution >= 4 is 17.2 Å². The average Bonchev–Trinajstić information content (AvgIpc) is 3.28. The zero-order valence-electron chi connectivity index (χ0n) is 20.2. The first-order chi connectivity index (χ1) is 17.6. The second-order valence-corrected chi connectivity index (χ2v) is 8.95. The van der Waals surface area contributed by atoms with Crippen LogP contribution in [0.1, 0.15) is 30.9 Å². The Labute approximate surface area is 207 Å². The first kappa shape index (κ1) is 22.2. The molecule has 6 rings (SSSR count). The highest BCUT2D eigenvalue weighted by molar-refractivity contribution is 5.84. The Hall–Kier alpha value is -4.25. The molecule has 0 atom stereocenters. The van der Waals surface area contributed by atoms with E-state index < -0.39 is 0 Å². The number of aliphatic hydroxyl groups excluding tert-OH is 1. The Kier molecular flexibility index (Phi) is 5.61. The van der Waals surface area contributed by atoms with Gasteiger partial charge in [-0.05, 0) is 37.5 Å². The van der Waals surface area contributed by atoms with Gasteiger partial charge in [-0.3, -0.25) is 4.68 Å². The fourth-order valence-corrected chi connectivity index (χ4v) is 4.22. The van der Waals surface area contributed by atoms with Gasteiger partial charge in [-0.1, -0.05) is 0 Å². The fraction of sp³-hybridized carbons (Fsp3) is 0.320. The number of rotatable bonds is 9. The zero-order valence-corrected chi connectivity index (χ0v) is 20.2. The lowest BCUT2D eigenvalue weighted by atomic mass is 10.1. The van der Waals surface area contributed by atoms with Crippen molar-refractivity contribution in [1.82, 2.24) is 38.9 Å². The lowest BCUT2D eigenvalue weighted by molar-refractivity contribution is 0.233. The van der Waals surface area contributed by atoms with Gasteiger partial charge in [-0.2, -0.15) is 5.10 Å². The summed E-state index contributed by atoms with van der Waals surface area (Å²) in [5.41, 5.74) is 3.75. The van der Waals surface area contributed by atoms with Crippen molar-refractivity contribution in [2.45, 2.75) is 32.2 Å². The van der Waals surface area contributed by atoms with Crippen LogP contribution >= 0.6 is 0 Å². The number of aromatic nitrogens is 8. The van der Waals surface area contributed by atoms with Crippen molar-refractivity contribution in [3.05, 3.63) is 54.7 Å². The summed E-state index contributed by atoms with van der Waals surface area (Å²) >= 11 is 0. The predicted octanol–water partition coefficient (Wildman–Crippen LogP) is 3.54. The summed E-state index contributed by atoms with van der Waals surface area (Å²) in [6.07, 6.45) is 12.2. The van der Waals surface area contributed by atoms with Crippen LogP contribution in [-0.4, -0.2) is 57.2 Å². The van der Waals surface area contributed by atoms with Gasteiger partial charge in [-0.25, -0.2) is 19.5 Å². The minimum absolute atomic E-state index is 0.0831. The van der Waals surface area contributed by atoms with Crippen molar-refractivity contribution in [3.63, 3.8) is 0 Å². The topological polar surface area (TPSA) is 120 Å². The summed E-state index contributed by atoms with van der Waals surface area (Å²) in [6, 6.07) is 6.16. The molecule has 0 aromatic carbocycles. The summed E-state index contributed by atoms with van der Waals surface area (Å²) in [6.45, 7) is 2.56. The maximum Gasteiger partial charge on any atom is 0.218 e. The number of ether oxygens (including phenoxy) is 1. The fourth-order valence-electron chi connectivity index (χ4n) is 4.22. The molecule has 0 amide bonds. The summed E-state index contributed by atoms with van der Waals surface area (Å²) in [7, 11) is 1.91. The first-order valence-electron chi connectivity index (χ1n) is 12.0. The maximum atomic E-state index is 9.03. The van der Waals surface area contributed by atoms with Crippen LogP contribution in [0.3, 0.4) is 0 Å².